The van der Waals surface area contributed by atoms with Gasteiger partial charge in [0.2, 0.25) is 5.91 Å². The first-order valence-electron chi connectivity index (χ1n) is 12.0. The number of nitrogens with two attached hydrogens (primary N) is 1. The summed E-state index contributed by atoms with van der Waals surface area (Å²) in [5.41, 5.74) is 15.2. The Hall–Kier alpha value is -1.75. The fourth-order valence-corrected chi connectivity index (χ4v) is 6.99. The van der Waals surface area contributed by atoms with Gasteiger partial charge in [-0.1, -0.05) is 24.1 Å². The van der Waals surface area contributed by atoms with E-state index in [2.05, 4.69) is 26.2 Å². The minimum atomic E-state index is -0.294. The summed E-state index contributed by atoms with van der Waals surface area (Å²) in [5.74, 6) is -0.177. The summed E-state index contributed by atoms with van der Waals surface area (Å²) in [6.07, 6.45) is 7.48. The Morgan fingerprint density at radius 1 is 1.18 bits per heavy atom. The molecule has 2 aromatic rings. The fraction of sp³-hybridized carbons (Fsp3) is 0.652. The van der Waals surface area contributed by atoms with E-state index in [4.69, 9.17) is 17.3 Å². The fourth-order valence-electron chi connectivity index (χ4n) is 6.67. The molecular weight excluding hydrogens is 440 g/mol. The van der Waals surface area contributed by atoms with Crippen LogP contribution >= 0.6 is 11.6 Å². The molecule has 3 saturated heterocycles. The molecule has 5 atom stereocenters. The topological polar surface area (TPSA) is 103 Å². The van der Waals surface area contributed by atoms with Crippen molar-refractivity contribution in [1.29, 1.82) is 0 Å². The van der Waals surface area contributed by atoms with Crippen LogP contribution in [0.4, 0.5) is 0 Å². The van der Waals surface area contributed by atoms with E-state index in [1.807, 2.05) is 37.3 Å². The molecule has 33 heavy (non-hydrogen) atoms. The first-order chi connectivity index (χ1) is 15.9. The molecule has 4 heterocycles. The van der Waals surface area contributed by atoms with Crippen LogP contribution < -0.4 is 21.9 Å². The third-order valence-electron chi connectivity index (χ3n) is 8.66. The lowest BCUT2D eigenvalue weighted by Gasteiger charge is -2.50. The zero-order chi connectivity index (χ0) is 22.9. The molecule has 1 spiro atoms. The van der Waals surface area contributed by atoms with Crippen LogP contribution in [0.5, 0.6) is 0 Å². The average Bonchev–Trinajstić information content (AvgIpc) is 3.49. The van der Waals surface area contributed by atoms with Crippen LogP contribution in [-0.4, -0.2) is 64.1 Å². The van der Waals surface area contributed by atoms with Gasteiger partial charge in [-0.15, -0.1) is 0 Å². The second kappa shape index (κ2) is 7.90. The van der Waals surface area contributed by atoms with Gasteiger partial charge < -0.3 is 10.6 Å². The maximum Gasteiger partial charge on any atom is 0.232 e. The van der Waals surface area contributed by atoms with Crippen LogP contribution in [0.2, 0.25) is 5.02 Å². The van der Waals surface area contributed by atoms with E-state index >= 15 is 0 Å². The highest BCUT2D eigenvalue weighted by Crippen LogP contribution is 2.46. The van der Waals surface area contributed by atoms with Gasteiger partial charge in [-0.25, -0.2) is 10.9 Å². The second-order valence-corrected chi connectivity index (χ2v) is 10.7. The number of aryl methyl sites for hydroxylation is 1. The molecule has 5 N–H and O–H groups in total. The minimum Gasteiger partial charge on any atom is -0.327 e. The van der Waals surface area contributed by atoms with Crippen molar-refractivity contribution in [3.63, 3.8) is 0 Å². The van der Waals surface area contributed by atoms with Gasteiger partial charge in [-0.05, 0) is 42.7 Å². The Balaban J connectivity index is 1.21. The molecule has 4 unspecified atom stereocenters. The predicted molar refractivity (Wildman–Crippen MR) is 127 cm³/mol. The number of nitrogens with zero attached hydrogens (tertiary/aromatic N) is 4. The predicted octanol–water partition coefficient (Wildman–Crippen LogP) is 1.26. The number of likely N-dealkylation sites (tertiary alicyclic amines) is 1. The molecular formula is C23H33ClN8O. The highest BCUT2D eigenvalue weighted by molar-refractivity contribution is 6.36. The highest BCUT2D eigenvalue weighted by atomic mass is 35.5. The Morgan fingerprint density at radius 2 is 1.97 bits per heavy atom. The summed E-state index contributed by atoms with van der Waals surface area (Å²) in [6.45, 7) is 1.92. The van der Waals surface area contributed by atoms with E-state index in [-0.39, 0.29) is 30.3 Å². The van der Waals surface area contributed by atoms with Gasteiger partial charge in [0.1, 0.15) is 6.29 Å². The van der Waals surface area contributed by atoms with Crippen molar-refractivity contribution in [3.8, 4) is 0 Å². The van der Waals surface area contributed by atoms with Crippen LogP contribution in [0.3, 0.4) is 0 Å². The third kappa shape index (κ3) is 3.32. The van der Waals surface area contributed by atoms with Crippen molar-refractivity contribution in [2.24, 2.45) is 24.1 Å². The molecule has 178 valence electrons. The summed E-state index contributed by atoms with van der Waals surface area (Å²) in [7, 11) is 3.79. The number of piperidine rings is 1. The summed E-state index contributed by atoms with van der Waals surface area (Å²) in [6, 6.07) is 4.05. The lowest BCUT2D eigenvalue weighted by molar-refractivity contribution is -0.151. The summed E-state index contributed by atoms with van der Waals surface area (Å²) in [5, 5.41) is 9.67. The molecule has 6 rings (SSSR count). The molecule has 1 aliphatic carbocycles. The smallest absolute Gasteiger partial charge is 0.232 e. The number of rotatable bonds is 2. The molecule has 1 aromatic carbocycles. The molecule has 4 fully saturated rings. The molecule has 9 nitrogen and oxygen atoms in total. The largest absolute Gasteiger partial charge is 0.327 e. The monoisotopic (exact) mass is 472 g/mol. The van der Waals surface area contributed by atoms with Crippen molar-refractivity contribution >= 4 is 28.4 Å². The molecule has 1 amide bonds. The number of fused-ring (bicyclic) bond motifs is 2. The third-order valence-corrected chi connectivity index (χ3v) is 9.08. The maximum absolute atomic E-state index is 13.6. The van der Waals surface area contributed by atoms with Crippen molar-refractivity contribution < 1.29 is 4.79 Å². The number of hydrogen-bond acceptors (Lipinski definition) is 7. The van der Waals surface area contributed by atoms with Crippen LogP contribution in [0.1, 0.15) is 43.7 Å². The molecule has 1 saturated carbocycles. The number of halogens is 1. The Morgan fingerprint density at radius 3 is 2.70 bits per heavy atom. The van der Waals surface area contributed by atoms with Crippen molar-refractivity contribution in [2.75, 3.05) is 20.1 Å². The number of aromatic nitrogens is 2. The highest BCUT2D eigenvalue weighted by Gasteiger charge is 2.51. The van der Waals surface area contributed by atoms with Gasteiger partial charge in [-0.2, -0.15) is 5.10 Å². The van der Waals surface area contributed by atoms with E-state index in [9.17, 15) is 4.79 Å². The summed E-state index contributed by atoms with van der Waals surface area (Å²) >= 11 is 6.79. The lowest BCUT2D eigenvalue weighted by atomic mass is 9.74. The van der Waals surface area contributed by atoms with Gasteiger partial charge >= 0.3 is 0 Å². The molecule has 3 aliphatic heterocycles. The van der Waals surface area contributed by atoms with Gasteiger partial charge in [0.15, 0.2) is 0 Å². The van der Waals surface area contributed by atoms with Crippen molar-refractivity contribution in [3.05, 3.63) is 28.9 Å². The van der Waals surface area contributed by atoms with Crippen LogP contribution in [0.15, 0.2) is 18.3 Å². The lowest BCUT2D eigenvalue weighted by Crippen LogP contribution is -2.70. The second-order valence-electron chi connectivity index (χ2n) is 10.4. The van der Waals surface area contributed by atoms with Crippen LogP contribution in [-0.2, 0) is 11.8 Å². The van der Waals surface area contributed by atoms with Crippen molar-refractivity contribution in [2.45, 2.75) is 56.6 Å². The van der Waals surface area contributed by atoms with E-state index in [1.54, 1.807) is 4.68 Å². The SMILES string of the molecule is CN1C(=O)C2C(NNC2c2ccc3nn(C)cc3c2Cl)NC1N1CCC2(CCC[C@H]2N)CC1. The number of carbonyl (C=O) groups is 1. The van der Waals surface area contributed by atoms with Gasteiger partial charge in [0, 0.05) is 44.8 Å². The number of hydrazine groups is 1. The van der Waals surface area contributed by atoms with Gasteiger partial charge in [0.25, 0.3) is 0 Å². The normalized spacial score (nSPS) is 34.5. The zero-order valence-electron chi connectivity index (χ0n) is 19.2. The molecule has 0 bridgehead atoms. The maximum atomic E-state index is 13.6. The Bertz CT molecular complexity index is 1080. The number of benzene rings is 1. The van der Waals surface area contributed by atoms with E-state index in [0.29, 0.717) is 16.5 Å². The zero-order valence-corrected chi connectivity index (χ0v) is 20.0. The first-order valence-corrected chi connectivity index (χ1v) is 12.4. The van der Waals surface area contributed by atoms with E-state index in [1.165, 1.54) is 12.8 Å². The number of hydrogen-bond donors (Lipinski definition) is 4. The molecule has 1 aromatic heterocycles. The minimum absolute atomic E-state index is 0.117. The molecule has 10 heteroatoms. The number of carbonyl (C=O) groups excluding carboxylic acids is 1. The van der Waals surface area contributed by atoms with Gasteiger partial charge in [0.05, 0.1) is 28.7 Å². The van der Waals surface area contributed by atoms with Gasteiger partial charge in [-0.3, -0.25) is 19.7 Å². The standard InChI is InChI=1S/C23H33ClN8O/c1-30-12-14-15(29-30)6-5-13(18(14)24)19-17-20(28-27-19)26-22(31(2)21(17)33)32-10-8-23(9-11-32)7-3-4-16(23)25/h5-6,12,16-17,19-20,22,26-28H,3-4,7-11,25H2,1-2H3/t16-,17?,19?,20?,22?/m1/s1. The molecule has 4 aliphatic rings. The summed E-state index contributed by atoms with van der Waals surface area (Å²) in [4.78, 5) is 17.9. The Kier molecular flexibility index (Phi) is 5.21. The number of amides is 1. The Labute approximate surface area is 198 Å². The van der Waals surface area contributed by atoms with Crippen molar-refractivity contribution in [1.82, 2.24) is 35.7 Å². The van der Waals surface area contributed by atoms with Crippen LogP contribution in [0, 0.1) is 11.3 Å². The first kappa shape index (κ1) is 21.8. The van der Waals surface area contributed by atoms with E-state index in [0.717, 1.165) is 48.8 Å². The van der Waals surface area contributed by atoms with E-state index < -0.39 is 0 Å². The summed E-state index contributed by atoms with van der Waals surface area (Å²) < 4.78 is 1.76. The average molecular weight is 473 g/mol. The number of nitrogens with one attached hydrogen (secondary N) is 3. The molecule has 0 radical (unpaired) electrons. The van der Waals surface area contributed by atoms with Crippen LogP contribution in [0.25, 0.3) is 10.9 Å². The quantitative estimate of drug-likeness (QED) is 0.521.